The van der Waals surface area contributed by atoms with Crippen molar-refractivity contribution in [3.05, 3.63) is 54.4 Å². The van der Waals surface area contributed by atoms with Crippen LogP contribution in [0.15, 0.2) is 43.0 Å². The van der Waals surface area contributed by atoms with Gasteiger partial charge >= 0.3 is 0 Å². The van der Waals surface area contributed by atoms with E-state index in [0.717, 1.165) is 0 Å². The molecule has 0 amide bonds. The highest BCUT2D eigenvalue weighted by atomic mass is 19.1. The fraction of sp³-hybridized carbons (Fsp3) is 0.250. The second-order valence-corrected chi connectivity index (χ2v) is 3.62. The van der Waals surface area contributed by atoms with Gasteiger partial charge in [-0.3, -0.25) is 0 Å². The van der Waals surface area contributed by atoms with Crippen molar-refractivity contribution in [3.8, 4) is 0 Å². The molecule has 0 saturated heterocycles. The van der Waals surface area contributed by atoms with Crippen LogP contribution in [0.25, 0.3) is 0 Å². The quantitative estimate of drug-likeness (QED) is 0.852. The molecule has 1 atom stereocenters. The number of benzene rings is 1. The molecule has 0 radical (unpaired) electrons. The van der Waals surface area contributed by atoms with Gasteiger partial charge in [0.25, 0.3) is 0 Å². The van der Waals surface area contributed by atoms with Crippen LogP contribution in [0.4, 0.5) is 4.39 Å². The third-order valence-electron chi connectivity index (χ3n) is 2.58. The number of halogens is 1. The van der Waals surface area contributed by atoms with Crippen LogP contribution >= 0.6 is 0 Å². The minimum Gasteiger partial charge on any atom is -0.336 e. The minimum absolute atomic E-state index is 0.0459. The van der Waals surface area contributed by atoms with Crippen molar-refractivity contribution in [1.29, 1.82) is 0 Å². The first-order chi connectivity index (χ1) is 7.81. The smallest absolute Gasteiger partial charge is 0.128 e. The van der Waals surface area contributed by atoms with Gasteiger partial charge in [-0.05, 0) is 13.1 Å². The fourth-order valence-corrected chi connectivity index (χ4v) is 1.71. The van der Waals surface area contributed by atoms with Gasteiger partial charge in [0.15, 0.2) is 0 Å². The summed E-state index contributed by atoms with van der Waals surface area (Å²) in [4.78, 5) is 3.97. The summed E-state index contributed by atoms with van der Waals surface area (Å²) < 4.78 is 15.5. The van der Waals surface area contributed by atoms with Crippen LogP contribution in [0.2, 0.25) is 0 Å². The second kappa shape index (κ2) is 4.90. The molecule has 0 aliphatic rings. The Labute approximate surface area is 93.9 Å². The number of hydrogen-bond donors (Lipinski definition) is 1. The molecule has 84 valence electrons. The number of nitrogens with one attached hydrogen (secondary N) is 1. The summed E-state index contributed by atoms with van der Waals surface area (Å²) in [5, 5.41) is 3.11. The number of aromatic nitrogens is 2. The standard InChI is InChI=1S/C12H14FN3/c1-14-12(8-16-7-6-15-9-16)10-4-2-3-5-11(10)13/h2-7,9,12,14H,8H2,1H3. The van der Waals surface area contributed by atoms with Crippen molar-refractivity contribution in [1.82, 2.24) is 14.9 Å². The third-order valence-corrected chi connectivity index (χ3v) is 2.58. The topological polar surface area (TPSA) is 29.9 Å². The van der Waals surface area contributed by atoms with Crippen molar-refractivity contribution >= 4 is 0 Å². The number of imidazole rings is 1. The molecule has 1 N–H and O–H groups in total. The van der Waals surface area contributed by atoms with E-state index in [9.17, 15) is 4.39 Å². The van der Waals surface area contributed by atoms with E-state index < -0.39 is 0 Å². The van der Waals surface area contributed by atoms with E-state index in [0.29, 0.717) is 12.1 Å². The molecule has 1 heterocycles. The van der Waals surface area contributed by atoms with E-state index in [1.807, 2.05) is 23.9 Å². The third kappa shape index (κ3) is 2.28. The molecule has 0 spiro atoms. The first-order valence-corrected chi connectivity index (χ1v) is 5.18. The van der Waals surface area contributed by atoms with Gasteiger partial charge in [-0.15, -0.1) is 0 Å². The van der Waals surface area contributed by atoms with Gasteiger partial charge in [0.1, 0.15) is 5.82 Å². The summed E-state index contributed by atoms with van der Waals surface area (Å²) in [6.45, 7) is 0.664. The number of hydrogen-bond acceptors (Lipinski definition) is 2. The fourth-order valence-electron chi connectivity index (χ4n) is 1.71. The van der Waals surface area contributed by atoms with E-state index >= 15 is 0 Å². The van der Waals surface area contributed by atoms with E-state index in [4.69, 9.17) is 0 Å². The minimum atomic E-state index is -0.179. The Kier molecular flexibility index (Phi) is 3.31. The van der Waals surface area contributed by atoms with Crippen LogP contribution in [0.3, 0.4) is 0 Å². The Morgan fingerprint density at radius 2 is 2.25 bits per heavy atom. The molecule has 1 unspecified atom stereocenters. The maximum absolute atomic E-state index is 13.6. The lowest BCUT2D eigenvalue weighted by Gasteiger charge is -2.17. The maximum atomic E-state index is 13.6. The molecule has 2 rings (SSSR count). The first-order valence-electron chi connectivity index (χ1n) is 5.18. The Hall–Kier alpha value is -1.68. The lowest BCUT2D eigenvalue weighted by molar-refractivity contribution is 0.474. The zero-order chi connectivity index (χ0) is 11.4. The molecule has 4 heteroatoms. The van der Waals surface area contributed by atoms with Crippen molar-refractivity contribution in [2.24, 2.45) is 0 Å². The van der Waals surface area contributed by atoms with Crippen LogP contribution in [0.5, 0.6) is 0 Å². The van der Waals surface area contributed by atoms with E-state index in [2.05, 4.69) is 10.3 Å². The maximum Gasteiger partial charge on any atom is 0.128 e. The van der Waals surface area contributed by atoms with Gasteiger partial charge in [-0.1, -0.05) is 18.2 Å². The van der Waals surface area contributed by atoms with Gasteiger partial charge < -0.3 is 9.88 Å². The zero-order valence-corrected chi connectivity index (χ0v) is 9.10. The van der Waals surface area contributed by atoms with Crippen LogP contribution in [0, 0.1) is 5.82 Å². The Morgan fingerprint density at radius 1 is 1.44 bits per heavy atom. The van der Waals surface area contributed by atoms with Crippen molar-refractivity contribution in [3.63, 3.8) is 0 Å². The Morgan fingerprint density at radius 3 is 2.88 bits per heavy atom. The molecule has 1 aromatic carbocycles. The first kappa shape index (κ1) is 10.8. The number of rotatable bonds is 4. The molecule has 0 bridgehead atoms. The van der Waals surface area contributed by atoms with Gasteiger partial charge in [0, 0.05) is 24.5 Å². The highest BCUT2D eigenvalue weighted by Gasteiger charge is 2.13. The zero-order valence-electron chi connectivity index (χ0n) is 9.10. The van der Waals surface area contributed by atoms with Gasteiger partial charge in [-0.25, -0.2) is 9.37 Å². The van der Waals surface area contributed by atoms with E-state index in [1.165, 1.54) is 6.07 Å². The summed E-state index contributed by atoms with van der Waals surface area (Å²) in [6, 6.07) is 6.77. The normalized spacial score (nSPS) is 12.6. The Bertz CT molecular complexity index is 439. The monoisotopic (exact) mass is 219 g/mol. The number of likely N-dealkylation sites (N-methyl/N-ethyl adjacent to an activating group) is 1. The van der Waals surface area contributed by atoms with Crippen LogP contribution in [-0.2, 0) is 6.54 Å². The predicted molar refractivity (Wildman–Crippen MR) is 60.4 cm³/mol. The molecule has 0 saturated carbocycles. The van der Waals surface area contributed by atoms with Crippen molar-refractivity contribution < 1.29 is 4.39 Å². The molecule has 0 fully saturated rings. The summed E-state index contributed by atoms with van der Waals surface area (Å²) in [5.41, 5.74) is 0.679. The van der Waals surface area contributed by atoms with Crippen LogP contribution in [-0.4, -0.2) is 16.6 Å². The highest BCUT2D eigenvalue weighted by molar-refractivity contribution is 5.21. The lowest BCUT2D eigenvalue weighted by Crippen LogP contribution is -2.22. The van der Waals surface area contributed by atoms with E-state index in [-0.39, 0.29) is 11.9 Å². The molecule has 0 aliphatic carbocycles. The highest BCUT2D eigenvalue weighted by Crippen LogP contribution is 2.17. The molecule has 3 nitrogen and oxygen atoms in total. The van der Waals surface area contributed by atoms with Gasteiger partial charge in [0.2, 0.25) is 0 Å². The van der Waals surface area contributed by atoms with Crippen LogP contribution < -0.4 is 5.32 Å². The average molecular weight is 219 g/mol. The van der Waals surface area contributed by atoms with Crippen molar-refractivity contribution in [2.75, 3.05) is 7.05 Å². The predicted octanol–water partition coefficient (Wildman–Crippen LogP) is 1.98. The SMILES string of the molecule is CNC(Cn1ccnc1)c1ccccc1F. The average Bonchev–Trinajstić information content (AvgIpc) is 2.80. The summed E-state index contributed by atoms with van der Waals surface area (Å²) in [5.74, 6) is -0.179. The summed E-state index contributed by atoms with van der Waals surface area (Å²) in [6.07, 6.45) is 5.31. The van der Waals surface area contributed by atoms with Gasteiger partial charge in [-0.2, -0.15) is 0 Å². The Balaban J connectivity index is 2.20. The molecule has 2 aromatic rings. The van der Waals surface area contributed by atoms with Crippen molar-refractivity contribution in [2.45, 2.75) is 12.6 Å². The molecule has 16 heavy (non-hydrogen) atoms. The van der Waals surface area contributed by atoms with Crippen LogP contribution in [0.1, 0.15) is 11.6 Å². The molecule has 1 aromatic heterocycles. The lowest BCUT2D eigenvalue weighted by atomic mass is 10.1. The van der Waals surface area contributed by atoms with Gasteiger partial charge in [0.05, 0.1) is 12.4 Å². The summed E-state index contributed by atoms with van der Waals surface area (Å²) >= 11 is 0. The molecular formula is C12H14FN3. The number of nitrogens with zero attached hydrogens (tertiary/aromatic N) is 2. The second-order valence-electron chi connectivity index (χ2n) is 3.62. The van der Waals surface area contributed by atoms with E-state index in [1.54, 1.807) is 24.7 Å². The molecule has 0 aliphatic heterocycles. The largest absolute Gasteiger partial charge is 0.336 e. The molecular weight excluding hydrogens is 205 g/mol. The summed E-state index contributed by atoms with van der Waals surface area (Å²) in [7, 11) is 1.83.